The van der Waals surface area contributed by atoms with Gasteiger partial charge in [0.15, 0.2) is 0 Å². The van der Waals surface area contributed by atoms with Crippen LogP contribution in [0, 0.1) is 0 Å². The van der Waals surface area contributed by atoms with E-state index in [0.29, 0.717) is 0 Å². The van der Waals surface area contributed by atoms with Crippen LogP contribution in [0.4, 0.5) is 0 Å². The van der Waals surface area contributed by atoms with Gasteiger partial charge in [0.25, 0.3) is 0 Å². The molecule has 1 N–H and O–H groups in total. The Morgan fingerprint density at radius 3 is 2.86 bits per heavy atom. The first kappa shape index (κ1) is 5.12. The van der Waals surface area contributed by atoms with Crippen molar-refractivity contribution in [3.05, 3.63) is 0 Å². The summed E-state index contributed by atoms with van der Waals surface area (Å²) in [6, 6.07) is 0. The molecule has 0 radical (unpaired) electrons. The van der Waals surface area contributed by atoms with Crippen molar-refractivity contribution < 1.29 is 5.11 Å². The van der Waals surface area contributed by atoms with Crippen molar-refractivity contribution in [3.8, 4) is 0 Å². The molecule has 0 amide bonds. The molecule has 1 aliphatic rings. The fourth-order valence-electron chi connectivity index (χ4n) is 0.391. The Kier molecular flexibility index (Phi) is 1.35. The Hall–Kier alpha value is -0.0200. The summed E-state index contributed by atoms with van der Waals surface area (Å²) < 4.78 is 3.90. The van der Waals surface area contributed by atoms with Gasteiger partial charge in [-0.2, -0.15) is 0 Å². The van der Waals surface area contributed by atoms with Crippen molar-refractivity contribution in [2.24, 2.45) is 4.40 Å². The summed E-state index contributed by atoms with van der Waals surface area (Å²) in [5, 5.41) is 8.85. The van der Waals surface area contributed by atoms with Crippen LogP contribution < -0.4 is 0 Å². The molecule has 0 saturated heterocycles. The average molecular weight is 117 g/mol. The van der Waals surface area contributed by atoms with Crippen molar-refractivity contribution in [2.75, 3.05) is 5.75 Å². The van der Waals surface area contributed by atoms with Gasteiger partial charge in [-0.15, -0.1) is 0 Å². The maximum Gasteiger partial charge on any atom is 0.103 e. The maximum atomic E-state index is 8.85. The minimum atomic E-state index is -0.273. The molecule has 0 fully saturated rings. The quantitative estimate of drug-likeness (QED) is 0.468. The molecule has 1 unspecified atom stereocenters. The van der Waals surface area contributed by atoms with Gasteiger partial charge in [0.2, 0.25) is 0 Å². The molecule has 0 bridgehead atoms. The number of aliphatic hydroxyl groups is 1. The zero-order valence-electron chi connectivity index (χ0n) is 4.09. The largest absolute Gasteiger partial charge is 0.386 e. The minimum absolute atomic E-state index is 0.273. The molecule has 7 heavy (non-hydrogen) atoms. The van der Waals surface area contributed by atoms with Crippen LogP contribution in [0.1, 0.15) is 6.92 Å². The zero-order valence-corrected chi connectivity index (χ0v) is 4.90. The molecule has 1 rings (SSSR count). The van der Waals surface area contributed by atoms with Gasteiger partial charge >= 0.3 is 0 Å². The standard InChI is InChI=1S/C4H7NOS/c1-3-4(6)2-7-5-3/h4,6H,2H2,1H3. The first-order chi connectivity index (χ1) is 3.30. The van der Waals surface area contributed by atoms with Crippen LogP contribution in [0.25, 0.3) is 0 Å². The van der Waals surface area contributed by atoms with E-state index in [1.165, 1.54) is 11.9 Å². The van der Waals surface area contributed by atoms with Gasteiger partial charge < -0.3 is 5.11 Å². The third-order valence-corrected chi connectivity index (χ3v) is 1.81. The lowest BCUT2D eigenvalue weighted by molar-refractivity contribution is 0.268. The van der Waals surface area contributed by atoms with E-state index in [9.17, 15) is 0 Å². The topological polar surface area (TPSA) is 32.6 Å². The van der Waals surface area contributed by atoms with Crippen LogP contribution in [0.2, 0.25) is 0 Å². The summed E-state index contributed by atoms with van der Waals surface area (Å²) in [5.74, 6) is 0.742. The van der Waals surface area contributed by atoms with Crippen molar-refractivity contribution in [1.29, 1.82) is 0 Å². The van der Waals surface area contributed by atoms with Crippen LogP contribution in [-0.4, -0.2) is 22.7 Å². The second-order valence-electron chi connectivity index (χ2n) is 1.54. The first-order valence-electron chi connectivity index (χ1n) is 2.15. The smallest absolute Gasteiger partial charge is 0.103 e. The maximum absolute atomic E-state index is 8.85. The van der Waals surface area contributed by atoms with E-state index in [4.69, 9.17) is 5.11 Å². The summed E-state index contributed by atoms with van der Waals surface area (Å²) in [7, 11) is 0. The predicted octanol–water partition coefficient (Wildman–Crippen LogP) is 0.470. The van der Waals surface area contributed by atoms with Crippen molar-refractivity contribution in [3.63, 3.8) is 0 Å². The highest BCUT2D eigenvalue weighted by atomic mass is 32.2. The summed E-state index contributed by atoms with van der Waals surface area (Å²) in [5.41, 5.74) is 0.852. The van der Waals surface area contributed by atoms with E-state index in [2.05, 4.69) is 4.40 Å². The van der Waals surface area contributed by atoms with Gasteiger partial charge in [-0.05, 0) is 18.9 Å². The fourth-order valence-corrected chi connectivity index (χ4v) is 1.17. The van der Waals surface area contributed by atoms with Gasteiger partial charge in [-0.3, -0.25) is 0 Å². The minimum Gasteiger partial charge on any atom is -0.386 e. The zero-order chi connectivity index (χ0) is 5.28. The van der Waals surface area contributed by atoms with E-state index < -0.39 is 0 Å². The van der Waals surface area contributed by atoms with E-state index >= 15 is 0 Å². The Labute approximate surface area is 46.8 Å². The van der Waals surface area contributed by atoms with Crippen LogP contribution in [0.3, 0.4) is 0 Å². The van der Waals surface area contributed by atoms with Crippen molar-refractivity contribution in [1.82, 2.24) is 0 Å². The molecule has 0 aromatic carbocycles. The predicted molar refractivity (Wildman–Crippen MR) is 31.6 cm³/mol. The number of rotatable bonds is 0. The summed E-state index contributed by atoms with van der Waals surface area (Å²) in [6.07, 6.45) is -0.273. The molecular formula is C4H7NOS. The Morgan fingerprint density at radius 1 is 2.00 bits per heavy atom. The van der Waals surface area contributed by atoms with Crippen LogP contribution in [0.15, 0.2) is 4.40 Å². The molecule has 40 valence electrons. The highest BCUT2D eigenvalue weighted by molar-refractivity contribution is 7.98. The summed E-state index contributed by atoms with van der Waals surface area (Å²) in [6.45, 7) is 1.84. The molecule has 0 spiro atoms. The number of hydrogen-bond acceptors (Lipinski definition) is 3. The van der Waals surface area contributed by atoms with Gasteiger partial charge in [0.1, 0.15) is 6.10 Å². The summed E-state index contributed by atoms with van der Waals surface area (Å²) >= 11 is 1.43. The molecule has 1 atom stereocenters. The number of aliphatic hydroxyl groups excluding tert-OH is 1. The van der Waals surface area contributed by atoms with Crippen LogP contribution in [-0.2, 0) is 0 Å². The second kappa shape index (κ2) is 1.84. The van der Waals surface area contributed by atoms with Crippen LogP contribution >= 0.6 is 11.9 Å². The number of hydrogen-bond donors (Lipinski definition) is 1. The van der Waals surface area contributed by atoms with Gasteiger partial charge in [0, 0.05) is 5.75 Å². The van der Waals surface area contributed by atoms with Crippen LogP contribution in [0.5, 0.6) is 0 Å². The monoisotopic (exact) mass is 117 g/mol. The lowest BCUT2D eigenvalue weighted by Crippen LogP contribution is -2.13. The SMILES string of the molecule is CC1=NSCC1O. The van der Waals surface area contributed by atoms with E-state index in [1.54, 1.807) is 0 Å². The third kappa shape index (κ3) is 0.951. The molecule has 1 heterocycles. The normalized spacial score (nSPS) is 30.6. The molecule has 0 aliphatic carbocycles. The molecule has 3 heteroatoms. The molecule has 0 aromatic heterocycles. The highest BCUT2D eigenvalue weighted by Gasteiger charge is 2.12. The Morgan fingerprint density at radius 2 is 2.71 bits per heavy atom. The first-order valence-corrected chi connectivity index (χ1v) is 3.09. The lowest BCUT2D eigenvalue weighted by Gasteiger charge is -1.93. The molecule has 2 nitrogen and oxygen atoms in total. The number of nitrogens with zero attached hydrogens (tertiary/aromatic N) is 1. The molecule has 0 saturated carbocycles. The third-order valence-electron chi connectivity index (χ3n) is 0.923. The van der Waals surface area contributed by atoms with Gasteiger partial charge in [-0.1, -0.05) is 0 Å². The van der Waals surface area contributed by atoms with E-state index in [0.717, 1.165) is 11.5 Å². The average Bonchev–Trinajstić information content (AvgIpc) is 1.91. The van der Waals surface area contributed by atoms with Crippen molar-refractivity contribution >= 4 is 17.7 Å². The van der Waals surface area contributed by atoms with Gasteiger partial charge in [-0.25, -0.2) is 4.40 Å². The molecule has 0 aromatic rings. The van der Waals surface area contributed by atoms with E-state index in [-0.39, 0.29) is 6.10 Å². The summed E-state index contributed by atoms with van der Waals surface area (Å²) in [4.78, 5) is 0. The molecular weight excluding hydrogens is 110 g/mol. The fraction of sp³-hybridized carbons (Fsp3) is 0.750. The lowest BCUT2D eigenvalue weighted by atomic mass is 10.3. The Bertz CT molecular complexity index is 102. The van der Waals surface area contributed by atoms with E-state index in [1.807, 2.05) is 6.92 Å². The van der Waals surface area contributed by atoms with Gasteiger partial charge in [0.05, 0.1) is 5.71 Å². The van der Waals surface area contributed by atoms with Crippen molar-refractivity contribution in [2.45, 2.75) is 13.0 Å². The second-order valence-corrected chi connectivity index (χ2v) is 2.32. The highest BCUT2D eigenvalue weighted by Crippen LogP contribution is 2.14. The Balaban J connectivity index is 2.54. The molecule has 1 aliphatic heterocycles.